The highest BCUT2D eigenvalue weighted by Crippen LogP contribution is 2.40. The number of halogens is 2. The minimum atomic E-state index is -0.0691. The quantitative estimate of drug-likeness (QED) is 0.762. The SMILES string of the molecule is Cc1nn(C(=O)N2C[C@H]3C[C@H](N(C)Cc4ccccc4Cl)C[C@H]3C2)cc1Cl. The fraction of sp³-hybridized carbons (Fsp3) is 0.500. The van der Waals surface area contributed by atoms with Crippen LogP contribution >= 0.6 is 23.2 Å². The molecule has 1 aromatic heterocycles. The molecular formula is C20H24Cl2N4O. The predicted molar refractivity (Wildman–Crippen MR) is 107 cm³/mol. The van der Waals surface area contributed by atoms with E-state index >= 15 is 0 Å². The molecule has 0 spiro atoms. The van der Waals surface area contributed by atoms with Gasteiger partial charge in [0, 0.05) is 30.7 Å². The average molecular weight is 407 g/mol. The van der Waals surface area contributed by atoms with Crippen LogP contribution in [0.25, 0.3) is 0 Å². The lowest BCUT2D eigenvalue weighted by molar-refractivity contribution is 0.192. The molecule has 1 saturated carbocycles. The van der Waals surface area contributed by atoms with Crippen molar-refractivity contribution in [3.63, 3.8) is 0 Å². The Morgan fingerprint density at radius 3 is 2.44 bits per heavy atom. The second-order valence-corrected chi connectivity index (χ2v) is 8.66. The van der Waals surface area contributed by atoms with Gasteiger partial charge >= 0.3 is 6.03 Å². The van der Waals surface area contributed by atoms with E-state index in [1.807, 2.05) is 30.0 Å². The predicted octanol–water partition coefficient (Wildman–Crippen LogP) is 4.31. The summed E-state index contributed by atoms with van der Waals surface area (Å²) in [6.45, 7) is 4.27. The van der Waals surface area contributed by atoms with Gasteiger partial charge in [-0.3, -0.25) is 4.90 Å². The van der Waals surface area contributed by atoms with Crippen LogP contribution in [0, 0.1) is 18.8 Å². The molecule has 3 atom stereocenters. The molecule has 2 fully saturated rings. The number of benzene rings is 1. The maximum absolute atomic E-state index is 12.7. The highest BCUT2D eigenvalue weighted by atomic mass is 35.5. The molecule has 27 heavy (non-hydrogen) atoms. The molecule has 1 aliphatic carbocycles. The summed E-state index contributed by atoms with van der Waals surface area (Å²) in [6, 6.07) is 8.50. The van der Waals surface area contributed by atoms with Gasteiger partial charge in [-0.1, -0.05) is 41.4 Å². The Bertz CT molecular complexity index is 819. The molecule has 1 saturated heterocycles. The Hall–Kier alpha value is -1.56. The molecule has 2 aliphatic rings. The normalized spacial score (nSPS) is 24.6. The number of carbonyl (C=O) groups excluding carboxylic acids is 1. The maximum Gasteiger partial charge on any atom is 0.344 e. The molecule has 7 heteroatoms. The van der Waals surface area contributed by atoms with Gasteiger partial charge in [0.2, 0.25) is 0 Å². The summed E-state index contributed by atoms with van der Waals surface area (Å²) in [4.78, 5) is 17.0. The van der Waals surface area contributed by atoms with Crippen molar-refractivity contribution in [2.45, 2.75) is 32.4 Å². The third-order valence-corrected chi connectivity index (χ3v) is 6.77. The number of fused-ring (bicyclic) bond motifs is 1. The van der Waals surface area contributed by atoms with Gasteiger partial charge in [0.1, 0.15) is 0 Å². The van der Waals surface area contributed by atoms with Crippen LogP contribution in [0.2, 0.25) is 10.0 Å². The van der Waals surface area contributed by atoms with E-state index in [0.717, 1.165) is 37.5 Å². The molecule has 0 radical (unpaired) electrons. The van der Waals surface area contributed by atoms with Crippen molar-refractivity contribution < 1.29 is 4.79 Å². The summed E-state index contributed by atoms with van der Waals surface area (Å²) in [5.74, 6) is 1.11. The van der Waals surface area contributed by atoms with Crippen molar-refractivity contribution in [3.8, 4) is 0 Å². The Morgan fingerprint density at radius 2 is 1.85 bits per heavy atom. The number of aryl methyl sites for hydroxylation is 1. The zero-order chi connectivity index (χ0) is 19.1. The molecule has 2 aromatic rings. The number of amides is 1. The van der Waals surface area contributed by atoms with E-state index in [4.69, 9.17) is 23.2 Å². The highest BCUT2D eigenvalue weighted by molar-refractivity contribution is 6.31. The van der Waals surface area contributed by atoms with Crippen LogP contribution in [0.4, 0.5) is 4.79 Å². The lowest BCUT2D eigenvalue weighted by Crippen LogP contribution is -2.36. The second kappa shape index (κ2) is 7.46. The monoisotopic (exact) mass is 406 g/mol. The van der Waals surface area contributed by atoms with Crippen molar-refractivity contribution in [1.29, 1.82) is 0 Å². The molecular weight excluding hydrogens is 383 g/mol. The van der Waals surface area contributed by atoms with Crippen LogP contribution in [0.3, 0.4) is 0 Å². The van der Waals surface area contributed by atoms with Gasteiger partial charge in [-0.05, 0) is 50.3 Å². The average Bonchev–Trinajstić information content (AvgIpc) is 3.30. The molecule has 1 amide bonds. The molecule has 5 nitrogen and oxygen atoms in total. The Labute approximate surface area is 169 Å². The first-order chi connectivity index (χ1) is 12.9. The molecule has 0 N–H and O–H groups in total. The largest absolute Gasteiger partial charge is 0.344 e. The van der Waals surface area contributed by atoms with Crippen LogP contribution in [-0.4, -0.2) is 51.8 Å². The number of aromatic nitrogens is 2. The van der Waals surface area contributed by atoms with E-state index in [9.17, 15) is 4.79 Å². The van der Waals surface area contributed by atoms with Crippen LogP contribution in [0.15, 0.2) is 30.5 Å². The molecule has 0 bridgehead atoms. The third kappa shape index (κ3) is 3.73. The summed E-state index contributed by atoms with van der Waals surface area (Å²) in [6.07, 6.45) is 3.84. The minimum absolute atomic E-state index is 0.0691. The van der Waals surface area contributed by atoms with Crippen molar-refractivity contribution in [3.05, 3.63) is 51.8 Å². The summed E-state index contributed by atoms with van der Waals surface area (Å²) in [7, 11) is 2.17. The number of carbonyl (C=O) groups is 1. The standard InChI is InChI=1S/C20H24Cl2N4O/c1-13-19(22)12-26(23-13)20(27)25-10-15-7-17(8-16(15)11-25)24(2)9-14-5-3-4-6-18(14)21/h3-6,12,15-17H,7-11H2,1-2H3/t15-,16+,17+. The van der Waals surface area contributed by atoms with Crippen molar-refractivity contribution >= 4 is 29.2 Å². The van der Waals surface area contributed by atoms with E-state index in [-0.39, 0.29) is 6.03 Å². The summed E-state index contributed by atoms with van der Waals surface area (Å²) < 4.78 is 1.37. The van der Waals surface area contributed by atoms with Gasteiger partial charge in [0.15, 0.2) is 0 Å². The lowest BCUT2D eigenvalue weighted by Gasteiger charge is -2.26. The summed E-state index contributed by atoms with van der Waals surface area (Å²) in [5, 5.41) is 5.58. The van der Waals surface area contributed by atoms with E-state index in [1.165, 1.54) is 10.2 Å². The van der Waals surface area contributed by atoms with Crippen LogP contribution < -0.4 is 0 Å². The van der Waals surface area contributed by atoms with E-state index in [1.54, 1.807) is 6.20 Å². The Kier molecular flexibility index (Phi) is 5.19. The first-order valence-corrected chi connectivity index (χ1v) is 10.1. The van der Waals surface area contributed by atoms with Gasteiger partial charge in [-0.25, -0.2) is 4.79 Å². The molecule has 2 heterocycles. The van der Waals surface area contributed by atoms with Gasteiger partial charge in [-0.15, -0.1) is 0 Å². The van der Waals surface area contributed by atoms with Crippen molar-refractivity contribution in [2.75, 3.05) is 20.1 Å². The maximum atomic E-state index is 12.7. The number of nitrogens with zero attached hydrogens (tertiary/aromatic N) is 4. The number of rotatable bonds is 3. The van der Waals surface area contributed by atoms with Crippen molar-refractivity contribution in [1.82, 2.24) is 19.6 Å². The summed E-state index contributed by atoms with van der Waals surface area (Å²) >= 11 is 12.3. The number of likely N-dealkylation sites (tertiary alicyclic amines) is 1. The minimum Gasteiger partial charge on any atom is -0.322 e. The van der Waals surface area contributed by atoms with Crippen molar-refractivity contribution in [2.24, 2.45) is 11.8 Å². The molecule has 1 aliphatic heterocycles. The molecule has 1 aromatic carbocycles. The van der Waals surface area contributed by atoms with Crippen LogP contribution in [0.1, 0.15) is 24.1 Å². The number of hydrogen-bond acceptors (Lipinski definition) is 3. The fourth-order valence-corrected chi connectivity index (χ4v) is 4.82. The molecule has 144 valence electrons. The van der Waals surface area contributed by atoms with E-state index in [2.05, 4.69) is 23.1 Å². The molecule has 4 rings (SSSR count). The topological polar surface area (TPSA) is 41.4 Å². The lowest BCUT2D eigenvalue weighted by atomic mass is 10.0. The van der Waals surface area contributed by atoms with Crippen LogP contribution in [-0.2, 0) is 6.54 Å². The van der Waals surface area contributed by atoms with Crippen LogP contribution in [0.5, 0.6) is 0 Å². The first-order valence-electron chi connectivity index (χ1n) is 9.37. The smallest absolute Gasteiger partial charge is 0.322 e. The van der Waals surface area contributed by atoms with Gasteiger partial charge in [-0.2, -0.15) is 9.78 Å². The Morgan fingerprint density at radius 1 is 1.19 bits per heavy atom. The van der Waals surface area contributed by atoms with Gasteiger partial charge in [0.05, 0.1) is 16.9 Å². The molecule has 0 unspecified atom stereocenters. The second-order valence-electron chi connectivity index (χ2n) is 7.85. The van der Waals surface area contributed by atoms with Gasteiger partial charge < -0.3 is 4.90 Å². The third-order valence-electron chi connectivity index (χ3n) is 6.03. The summed E-state index contributed by atoms with van der Waals surface area (Å²) in [5.41, 5.74) is 1.85. The number of hydrogen-bond donors (Lipinski definition) is 0. The highest BCUT2D eigenvalue weighted by Gasteiger charge is 2.43. The first kappa shape index (κ1) is 18.8. The van der Waals surface area contributed by atoms with E-state index < -0.39 is 0 Å². The zero-order valence-electron chi connectivity index (χ0n) is 15.6. The zero-order valence-corrected chi connectivity index (χ0v) is 17.1. The van der Waals surface area contributed by atoms with E-state index in [0.29, 0.717) is 28.6 Å². The van der Waals surface area contributed by atoms with Gasteiger partial charge in [0.25, 0.3) is 0 Å². The fourth-order valence-electron chi connectivity index (χ4n) is 4.49. The Balaban J connectivity index is 1.35.